The molecule has 0 aromatic heterocycles. The van der Waals surface area contributed by atoms with Crippen LogP contribution in [0.25, 0.3) is 0 Å². The lowest BCUT2D eigenvalue weighted by atomic mass is 10.0. The smallest absolute Gasteiger partial charge is 0.475 e. The number of ether oxygens (including phenoxy) is 1. The number of hydrogen-bond acceptors (Lipinski definition) is 5. The van der Waals surface area contributed by atoms with Gasteiger partial charge in [-0.05, 0) is 49.1 Å². The van der Waals surface area contributed by atoms with Crippen molar-refractivity contribution >= 4 is 28.8 Å². The molecule has 1 saturated heterocycles. The summed E-state index contributed by atoms with van der Waals surface area (Å²) in [6.45, 7) is 3.28. The fourth-order valence-electron chi connectivity index (χ4n) is 3.85. The first kappa shape index (κ1) is 24.3. The second-order valence-electron chi connectivity index (χ2n) is 7.95. The molecule has 1 aromatic rings. The van der Waals surface area contributed by atoms with E-state index in [0.717, 1.165) is 18.0 Å². The molecule has 4 atom stereocenters. The number of aliphatic carboxylic acids is 1. The Kier molecular flexibility index (Phi) is 8.00. The summed E-state index contributed by atoms with van der Waals surface area (Å²) < 4.78 is 37.5. The summed E-state index contributed by atoms with van der Waals surface area (Å²) in [5.41, 5.74) is 2.45. The van der Waals surface area contributed by atoms with Crippen LogP contribution in [0.1, 0.15) is 30.4 Å². The van der Waals surface area contributed by atoms with Gasteiger partial charge >= 0.3 is 12.1 Å². The van der Waals surface area contributed by atoms with Crippen molar-refractivity contribution in [2.45, 2.75) is 50.3 Å². The van der Waals surface area contributed by atoms with Crippen molar-refractivity contribution in [3.63, 3.8) is 0 Å². The number of carbonyl (C=O) groups excluding carboxylic acids is 1. The van der Waals surface area contributed by atoms with E-state index in [4.69, 9.17) is 19.6 Å². The van der Waals surface area contributed by atoms with E-state index in [9.17, 15) is 18.0 Å². The molecule has 2 aliphatic carbocycles. The molecule has 1 heterocycles. The highest BCUT2D eigenvalue weighted by molar-refractivity contribution is 8.15. The molecule has 0 spiro atoms. The molecule has 1 aliphatic heterocycles. The standard InChI is InChI=1S/C20H24N2O2S.C2HF3O2/c1-13-4-2-3-5-16(13)12-24-9-8-18-19(23)22-20(25-18)21-17-11-14-6-7-15(17)10-14;3-2(4,5)1(6)7/h2-7,14-15,17-18H,8-12H2,1H3,(H,21,22,23);(H,6,7). The van der Waals surface area contributed by atoms with Gasteiger partial charge in [0.25, 0.3) is 0 Å². The molecule has 0 radical (unpaired) electrons. The van der Waals surface area contributed by atoms with Gasteiger partial charge in [-0.2, -0.15) is 13.2 Å². The average Bonchev–Trinajstić information content (AvgIpc) is 3.42. The number of benzene rings is 1. The van der Waals surface area contributed by atoms with E-state index in [1.807, 2.05) is 12.1 Å². The van der Waals surface area contributed by atoms with Gasteiger partial charge in [0.2, 0.25) is 5.91 Å². The minimum atomic E-state index is -5.08. The van der Waals surface area contributed by atoms with Gasteiger partial charge in [-0.15, -0.1) is 0 Å². The van der Waals surface area contributed by atoms with Crippen LogP contribution in [0.2, 0.25) is 0 Å². The van der Waals surface area contributed by atoms with Gasteiger partial charge in [0.05, 0.1) is 17.9 Å². The second kappa shape index (κ2) is 10.5. The maximum atomic E-state index is 12.2. The Bertz CT molecular complexity index is 903. The zero-order valence-electron chi connectivity index (χ0n) is 17.5. The summed E-state index contributed by atoms with van der Waals surface area (Å²) in [7, 11) is 0. The number of carboxylic acid groups (broad SMARTS) is 1. The van der Waals surface area contributed by atoms with Crippen molar-refractivity contribution in [1.29, 1.82) is 0 Å². The molecule has 2 fully saturated rings. The third-order valence-corrected chi connectivity index (χ3v) is 6.75. The van der Waals surface area contributed by atoms with E-state index >= 15 is 0 Å². The Labute approximate surface area is 188 Å². The van der Waals surface area contributed by atoms with Crippen LogP contribution in [-0.4, -0.2) is 46.2 Å². The Morgan fingerprint density at radius 3 is 2.59 bits per heavy atom. The maximum absolute atomic E-state index is 12.2. The number of halogens is 3. The van der Waals surface area contributed by atoms with Gasteiger partial charge in [0.1, 0.15) is 0 Å². The predicted octanol–water partition coefficient (Wildman–Crippen LogP) is 4.09. The van der Waals surface area contributed by atoms with Crippen molar-refractivity contribution < 1.29 is 32.6 Å². The number of thioether (sulfide) groups is 1. The largest absolute Gasteiger partial charge is 0.490 e. The monoisotopic (exact) mass is 470 g/mol. The number of fused-ring (bicyclic) bond motifs is 2. The van der Waals surface area contributed by atoms with Crippen LogP contribution >= 0.6 is 11.8 Å². The lowest BCUT2D eigenvalue weighted by Crippen LogP contribution is -2.26. The van der Waals surface area contributed by atoms with Gasteiger partial charge < -0.3 is 15.2 Å². The number of hydrogen-bond donors (Lipinski definition) is 2. The summed E-state index contributed by atoms with van der Waals surface area (Å²) in [5, 5.41) is 10.8. The van der Waals surface area contributed by atoms with Crippen LogP contribution in [0.15, 0.2) is 41.4 Å². The van der Waals surface area contributed by atoms with Crippen molar-refractivity contribution in [2.75, 3.05) is 6.61 Å². The number of allylic oxidation sites excluding steroid dienone is 1. The molecule has 4 unspecified atom stereocenters. The number of aliphatic imine (C=N–C) groups is 1. The lowest BCUT2D eigenvalue weighted by Gasteiger charge is -2.13. The van der Waals surface area contributed by atoms with Crippen LogP contribution in [0.5, 0.6) is 0 Å². The van der Waals surface area contributed by atoms with Gasteiger partial charge in [-0.1, -0.05) is 48.2 Å². The van der Waals surface area contributed by atoms with Gasteiger partial charge in [0.15, 0.2) is 5.17 Å². The van der Waals surface area contributed by atoms with E-state index in [2.05, 4.69) is 36.5 Å². The van der Waals surface area contributed by atoms with E-state index < -0.39 is 12.1 Å². The number of amidine groups is 1. The zero-order valence-corrected chi connectivity index (χ0v) is 18.3. The molecule has 174 valence electrons. The van der Waals surface area contributed by atoms with E-state index in [1.54, 1.807) is 11.8 Å². The third-order valence-electron chi connectivity index (χ3n) is 5.59. The van der Waals surface area contributed by atoms with Crippen molar-refractivity contribution in [1.82, 2.24) is 5.32 Å². The van der Waals surface area contributed by atoms with Crippen molar-refractivity contribution in [3.8, 4) is 0 Å². The zero-order chi connectivity index (χ0) is 23.3. The summed E-state index contributed by atoms with van der Waals surface area (Å²) in [6, 6.07) is 8.59. The molecule has 10 heteroatoms. The predicted molar refractivity (Wildman–Crippen MR) is 115 cm³/mol. The molecule has 1 aromatic carbocycles. The summed E-state index contributed by atoms with van der Waals surface area (Å²) in [6.07, 6.45) is 2.61. The minimum absolute atomic E-state index is 0.0712. The molecular weight excluding hydrogens is 445 g/mol. The first-order chi connectivity index (χ1) is 15.1. The van der Waals surface area contributed by atoms with Crippen LogP contribution in [0, 0.1) is 18.8 Å². The molecule has 32 heavy (non-hydrogen) atoms. The molecule has 1 saturated carbocycles. The maximum Gasteiger partial charge on any atom is 0.490 e. The lowest BCUT2D eigenvalue weighted by molar-refractivity contribution is -0.192. The number of carbonyl (C=O) groups is 2. The Morgan fingerprint density at radius 2 is 2.00 bits per heavy atom. The number of rotatable bonds is 6. The average molecular weight is 471 g/mol. The fourth-order valence-corrected chi connectivity index (χ4v) is 4.86. The third kappa shape index (κ3) is 6.59. The number of amides is 1. The van der Waals surface area contributed by atoms with E-state index in [-0.39, 0.29) is 11.2 Å². The Hall–Kier alpha value is -2.33. The normalized spacial score (nSPS) is 27.4. The number of nitrogens with one attached hydrogen (secondary N) is 1. The Balaban J connectivity index is 0.000000360. The van der Waals surface area contributed by atoms with Gasteiger partial charge in [-0.25, -0.2) is 4.79 Å². The molecule has 2 N–H and O–H groups in total. The molecule has 6 nitrogen and oxygen atoms in total. The second-order valence-corrected chi connectivity index (χ2v) is 9.14. The van der Waals surface area contributed by atoms with Crippen LogP contribution in [0.3, 0.4) is 0 Å². The first-order valence-corrected chi connectivity index (χ1v) is 11.2. The van der Waals surface area contributed by atoms with E-state index in [1.165, 1.54) is 17.5 Å². The molecule has 4 rings (SSSR count). The number of alkyl halides is 3. The van der Waals surface area contributed by atoms with Crippen molar-refractivity contribution in [3.05, 3.63) is 47.5 Å². The summed E-state index contributed by atoms with van der Waals surface area (Å²) >= 11 is 1.57. The quantitative estimate of drug-likeness (QED) is 0.483. The van der Waals surface area contributed by atoms with Crippen LogP contribution in [-0.2, 0) is 20.9 Å². The summed E-state index contributed by atoms with van der Waals surface area (Å²) in [4.78, 5) is 25.9. The Morgan fingerprint density at radius 1 is 1.28 bits per heavy atom. The molecular formula is C22H25F3N2O4S. The van der Waals surface area contributed by atoms with Crippen molar-refractivity contribution in [2.24, 2.45) is 16.8 Å². The highest BCUT2D eigenvalue weighted by atomic mass is 32.2. The number of carboxylic acids is 1. The molecule has 1 amide bonds. The van der Waals surface area contributed by atoms with Crippen LogP contribution < -0.4 is 5.32 Å². The number of aryl methyl sites for hydroxylation is 1. The SMILES string of the molecule is Cc1ccccc1COCCC1SC(=NC2CC3C=CC2C3)NC1=O.O=C(O)C(F)(F)F. The highest BCUT2D eigenvalue weighted by Gasteiger charge is 2.38. The molecule has 2 bridgehead atoms. The minimum Gasteiger partial charge on any atom is -0.475 e. The molecule has 3 aliphatic rings. The van der Waals surface area contributed by atoms with Crippen LogP contribution in [0.4, 0.5) is 13.2 Å². The highest BCUT2D eigenvalue weighted by Crippen LogP contribution is 2.41. The van der Waals surface area contributed by atoms with E-state index in [0.29, 0.717) is 31.1 Å². The van der Waals surface area contributed by atoms with Gasteiger partial charge in [-0.3, -0.25) is 9.79 Å². The topological polar surface area (TPSA) is 88.0 Å². The fraction of sp³-hybridized carbons (Fsp3) is 0.500. The summed E-state index contributed by atoms with van der Waals surface area (Å²) in [5.74, 6) is -1.41. The van der Waals surface area contributed by atoms with Gasteiger partial charge in [0, 0.05) is 6.61 Å². The first-order valence-electron chi connectivity index (χ1n) is 10.3. The number of nitrogens with zero attached hydrogens (tertiary/aromatic N) is 1.